The van der Waals surface area contributed by atoms with Crippen molar-refractivity contribution in [2.75, 3.05) is 34.2 Å². The molecule has 1 unspecified atom stereocenters. The number of hydrogen-bond acceptors (Lipinski definition) is 5. The maximum atomic E-state index is 14.5. The fourth-order valence-electron chi connectivity index (χ4n) is 6.64. The molecule has 0 aliphatic carbocycles. The Morgan fingerprint density at radius 1 is 0.959 bits per heavy atom. The molecule has 8 nitrogen and oxygen atoms in total. The Morgan fingerprint density at radius 3 is 2.27 bits per heavy atom. The van der Waals surface area contributed by atoms with Crippen molar-refractivity contribution in [3.8, 4) is 0 Å². The third kappa shape index (κ3) is 10.2. The van der Waals surface area contributed by atoms with Crippen molar-refractivity contribution < 1.29 is 18.8 Å². The van der Waals surface area contributed by atoms with Crippen LogP contribution in [0.2, 0.25) is 0 Å². The number of benzene rings is 3. The average molecular weight is 672 g/mol. The Hall–Kier alpha value is -4.08. The van der Waals surface area contributed by atoms with Crippen LogP contribution in [0.25, 0.3) is 10.8 Å². The van der Waals surface area contributed by atoms with Gasteiger partial charge in [0.15, 0.2) is 0 Å². The van der Waals surface area contributed by atoms with Crippen LogP contribution in [0.15, 0.2) is 78.9 Å². The quantitative estimate of drug-likeness (QED) is 0.197. The number of rotatable bonds is 16. The average Bonchev–Trinajstić information content (AvgIpc) is 3.53. The zero-order chi connectivity index (χ0) is 35.6. The second-order valence-corrected chi connectivity index (χ2v) is 13.7. The third-order valence-electron chi connectivity index (χ3n) is 10.4. The first-order valence-corrected chi connectivity index (χ1v) is 17.6. The number of halogens is 1. The fraction of sp³-hybridized carbons (Fsp3) is 0.475. The monoisotopic (exact) mass is 671 g/mol. The van der Waals surface area contributed by atoms with E-state index in [-0.39, 0.29) is 36.4 Å². The molecular weight excluding hydrogens is 617 g/mol. The summed E-state index contributed by atoms with van der Waals surface area (Å²) in [6.45, 7) is 5.60. The smallest absolute Gasteiger partial charge is 0.246 e. The second-order valence-electron chi connectivity index (χ2n) is 13.7. The standard InChI is InChI=1S/C40H54FN5O3/c1-6-40(42,7-2)23-10-15-37(47)45(4)36(28-30-16-19-31-12-8-9-13-32(31)26-30)39(49)46(5)35(27-29-17-20-33(41)21-18-29)38(48)43-24-22-34-14-11-25-44(34)3/h8-10,12-13,15-21,26,34-36H,6-7,11,14,22-25,27-28,42H2,1-5H3,(H,43,48)/t34?,35-,36-/m1/s1. The fourth-order valence-corrected chi connectivity index (χ4v) is 6.64. The molecule has 264 valence electrons. The Balaban J connectivity index is 1.61. The molecular formula is C40H54FN5O3. The number of carbonyl (C=O) groups is 3. The Morgan fingerprint density at radius 2 is 1.61 bits per heavy atom. The van der Waals surface area contributed by atoms with Crippen LogP contribution in [0.4, 0.5) is 4.39 Å². The van der Waals surface area contributed by atoms with Gasteiger partial charge in [0.25, 0.3) is 0 Å². The molecule has 3 aromatic rings. The van der Waals surface area contributed by atoms with Crippen LogP contribution in [0, 0.1) is 5.82 Å². The van der Waals surface area contributed by atoms with E-state index >= 15 is 0 Å². The van der Waals surface area contributed by atoms with Gasteiger partial charge in [0.05, 0.1) is 0 Å². The predicted molar refractivity (Wildman–Crippen MR) is 195 cm³/mol. The minimum Gasteiger partial charge on any atom is -0.354 e. The number of nitrogens with one attached hydrogen (secondary N) is 1. The molecule has 0 bridgehead atoms. The van der Waals surface area contributed by atoms with Gasteiger partial charge in [0.1, 0.15) is 17.9 Å². The van der Waals surface area contributed by atoms with Crippen LogP contribution >= 0.6 is 0 Å². The first kappa shape index (κ1) is 37.7. The molecule has 9 heteroatoms. The van der Waals surface area contributed by atoms with Crippen molar-refractivity contribution in [2.45, 2.75) is 88.9 Å². The molecule has 49 heavy (non-hydrogen) atoms. The predicted octanol–water partition coefficient (Wildman–Crippen LogP) is 5.48. The maximum Gasteiger partial charge on any atom is 0.246 e. The lowest BCUT2D eigenvalue weighted by Gasteiger charge is -2.34. The number of carbonyl (C=O) groups excluding carboxylic acids is 3. The van der Waals surface area contributed by atoms with Crippen LogP contribution in [0.3, 0.4) is 0 Å². The van der Waals surface area contributed by atoms with Gasteiger partial charge in [-0.25, -0.2) is 4.39 Å². The summed E-state index contributed by atoms with van der Waals surface area (Å²) in [5.74, 6) is -1.33. The second kappa shape index (κ2) is 17.5. The number of amides is 3. The number of likely N-dealkylation sites (tertiary alicyclic amines) is 1. The van der Waals surface area contributed by atoms with Crippen molar-refractivity contribution in [1.82, 2.24) is 20.0 Å². The summed E-state index contributed by atoms with van der Waals surface area (Å²) >= 11 is 0. The molecule has 3 atom stereocenters. The Bertz CT molecular complexity index is 1590. The van der Waals surface area contributed by atoms with Crippen molar-refractivity contribution in [2.24, 2.45) is 5.73 Å². The van der Waals surface area contributed by atoms with Crippen molar-refractivity contribution >= 4 is 28.5 Å². The van der Waals surface area contributed by atoms with E-state index in [0.29, 0.717) is 19.0 Å². The van der Waals surface area contributed by atoms with Gasteiger partial charge in [-0.05, 0) is 92.2 Å². The van der Waals surface area contributed by atoms with Gasteiger partial charge in [-0.15, -0.1) is 0 Å². The lowest BCUT2D eigenvalue weighted by atomic mass is 9.90. The van der Waals surface area contributed by atoms with Gasteiger partial charge in [-0.1, -0.05) is 74.5 Å². The lowest BCUT2D eigenvalue weighted by Crippen LogP contribution is -2.56. The maximum absolute atomic E-state index is 14.5. The van der Waals surface area contributed by atoms with Gasteiger partial charge in [0, 0.05) is 45.1 Å². The molecule has 0 radical (unpaired) electrons. The highest BCUT2D eigenvalue weighted by molar-refractivity contribution is 5.95. The minimum absolute atomic E-state index is 0.199. The molecule has 3 N–H and O–H groups in total. The number of likely N-dealkylation sites (N-methyl/N-ethyl adjacent to an activating group) is 2. The van der Waals surface area contributed by atoms with Gasteiger partial charge >= 0.3 is 0 Å². The van der Waals surface area contributed by atoms with Gasteiger partial charge in [-0.3, -0.25) is 14.4 Å². The molecule has 3 aromatic carbocycles. The van der Waals surface area contributed by atoms with Crippen LogP contribution in [0.5, 0.6) is 0 Å². The number of nitrogens with zero attached hydrogens (tertiary/aromatic N) is 3. The normalized spacial score (nSPS) is 16.5. The minimum atomic E-state index is -0.890. The lowest BCUT2D eigenvalue weighted by molar-refractivity contribution is -0.146. The van der Waals surface area contributed by atoms with E-state index < -0.39 is 17.6 Å². The van der Waals surface area contributed by atoms with Crippen LogP contribution < -0.4 is 11.1 Å². The summed E-state index contributed by atoms with van der Waals surface area (Å²) in [5, 5.41) is 5.19. The van der Waals surface area contributed by atoms with Crippen LogP contribution in [0.1, 0.15) is 63.5 Å². The number of fused-ring (bicyclic) bond motifs is 1. The summed E-state index contributed by atoms with van der Waals surface area (Å²) in [5.41, 5.74) is 7.69. The SMILES string of the molecule is CCC(N)(CC)CC=CC(=O)N(C)[C@H](Cc1ccc2ccccc2c1)C(=O)N(C)[C@H](Cc1ccc(F)cc1)C(=O)NCCC1CCCN1C. The molecule has 3 amide bonds. The van der Waals surface area contributed by atoms with Crippen LogP contribution in [-0.2, 0) is 27.2 Å². The summed E-state index contributed by atoms with van der Waals surface area (Å²) in [6, 6.07) is 18.7. The zero-order valence-electron chi connectivity index (χ0n) is 29.8. The first-order valence-electron chi connectivity index (χ1n) is 17.6. The van der Waals surface area contributed by atoms with Gasteiger partial charge in [0.2, 0.25) is 17.7 Å². The van der Waals surface area contributed by atoms with Crippen LogP contribution in [-0.4, -0.2) is 90.3 Å². The Labute approximate surface area is 291 Å². The molecule has 1 aliphatic heterocycles. The van der Waals surface area contributed by atoms with E-state index in [2.05, 4.69) is 17.3 Å². The molecule has 4 rings (SSSR count). The molecule has 1 aliphatic rings. The molecule has 0 saturated carbocycles. The van der Waals surface area contributed by atoms with E-state index in [4.69, 9.17) is 5.73 Å². The molecule has 1 saturated heterocycles. The molecule has 0 aromatic heterocycles. The van der Waals surface area contributed by atoms with E-state index in [1.165, 1.54) is 28.0 Å². The summed E-state index contributed by atoms with van der Waals surface area (Å²) in [4.78, 5) is 47.2. The van der Waals surface area contributed by atoms with E-state index in [1.54, 1.807) is 32.3 Å². The van der Waals surface area contributed by atoms with Gasteiger partial charge in [-0.2, -0.15) is 0 Å². The van der Waals surface area contributed by atoms with Crippen molar-refractivity contribution in [3.63, 3.8) is 0 Å². The van der Waals surface area contributed by atoms with Crippen molar-refractivity contribution in [1.29, 1.82) is 0 Å². The highest BCUT2D eigenvalue weighted by Gasteiger charge is 2.35. The zero-order valence-corrected chi connectivity index (χ0v) is 29.8. The third-order valence-corrected chi connectivity index (χ3v) is 10.4. The van der Waals surface area contributed by atoms with E-state index in [1.807, 2.05) is 56.3 Å². The summed E-state index contributed by atoms with van der Waals surface area (Å²) in [6.07, 6.45) is 8.90. The highest BCUT2D eigenvalue weighted by Crippen LogP contribution is 2.22. The highest BCUT2D eigenvalue weighted by atomic mass is 19.1. The molecule has 1 heterocycles. The topological polar surface area (TPSA) is 99.0 Å². The van der Waals surface area contributed by atoms with Gasteiger partial charge < -0.3 is 25.8 Å². The Kier molecular flexibility index (Phi) is 13.5. The summed E-state index contributed by atoms with van der Waals surface area (Å²) in [7, 11) is 5.35. The molecule has 0 spiro atoms. The first-order chi connectivity index (χ1) is 23.4. The summed E-state index contributed by atoms with van der Waals surface area (Å²) < 4.78 is 13.8. The van der Waals surface area contributed by atoms with Crippen molar-refractivity contribution in [3.05, 3.63) is 95.8 Å². The molecule has 1 fully saturated rings. The van der Waals surface area contributed by atoms with E-state index in [0.717, 1.165) is 60.5 Å². The van der Waals surface area contributed by atoms with E-state index in [9.17, 15) is 18.8 Å². The number of hydrogen-bond donors (Lipinski definition) is 2. The largest absolute Gasteiger partial charge is 0.354 e. The number of nitrogens with two attached hydrogens (primary N) is 1.